The first-order valence-electron chi connectivity index (χ1n) is 11.3. The van der Waals surface area contributed by atoms with Gasteiger partial charge in [0.2, 0.25) is 0 Å². The number of nitrogens with zero attached hydrogens (tertiary/aromatic N) is 3. The molecule has 5 rings (SSSR count). The standard InChI is InChI=1S/C26H24N4O4/c27-15-19(26(31)28-16-22-7-4-10-32-22)13-20-17-30(21-5-2-1-3-6-21)29-25(20)18-8-9-23-24(14-18)34-12-11-33-23/h1-3,5-6,8-9,13-14,17,22H,4,7,10-12,16H2,(H,28,31)/b19-13+. The summed E-state index contributed by atoms with van der Waals surface area (Å²) in [5, 5.41) is 17.3. The Morgan fingerprint density at radius 3 is 2.74 bits per heavy atom. The summed E-state index contributed by atoms with van der Waals surface area (Å²) in [5.74, 6) is 0.891. The molecule has 1 amide bonds. The number of nitrogens with one attached hydrogen (secondary N) is 1. The SMILES string of the molecule is N#C/C(=C\c1cn(-c2ccccc2)nc1-c1ccc2c(c1)OCCO2)C(=O)NCC1CCCO1. The Bertz CT molecular complexity index is 1250. The zero-order valence-corrected chi connectivity index (χ0v) is 18.6. The minimum absolute atomic E-state index is 0.00185. The van der Waals surface area contributed by atoms with Gasteiger partial charge in [0.25, 0.3) is 5.91 Å². The molecule has 3 heterocycles. The number of hydrogen-bond donors (Lipinski definition) is 1. The molecule has 0 aliphatic carbocycles. The Hall–Kier alpha value is -4.09. The molecule has 1 fully saturated rings. The highest BCUT2D eigenvalue weighted by Crippen LogP contribution is 2.35. The second-order valence-corrected chi connectivity index (χ2v) is 8.09. The molecule has 2 aliphatic rings. The predicted molar refractivity (Wildman–Crippen MR) is 126 cm³/mol. The molecule has 34 heavy (non-hydrogen) atoms. The average Bonchev–Trinajstić information content (AvgIpc) is 3.56. The molecule has 8 nitrogen and oxygen atoms in total. The van der Waals surface area contributed by atoms with Gasteiger partial charge in [-0.15, -0.1) is 0 Å². The molecule has 1 N–H and O–H groups in total. The minimum atomic E-state index is -0.432. The van der Waals surface area contributed by atoms with Crippen LogP contribution in [0.1, 0.15) is 18.4 Å². The van der Waals surface area contributed by atoms with Crippen LogP contribution in [0, 0.1) is 11.3 Å². The molecule has 0 radical (unpaired) electrons. The fourth-order valence-corrected chi connectivity index (χ4v) is 4.03. The van der Waals surface area contributed by atoms with E-state index in [2.05, 4.69) is 5.32 Å². The van der Waals surface area contributed by atoms with Gasteiger partial charge in [-0.05, 0) is 49.2 Å². The van der Waals surface area contributed by atoms with Crippen molar-refractivity contribution in [1.29, 1.82) is 5.26 Å². The van der Waals surface area contributed by atoms with Crippen LogP contribution in [0.25, 0.3) is 23.0 Å². The van der Waals surface area contributed by atoms with E-state index in [0.717, 1.165) is 24.1 Å². The van der Waals surface area contributed by atoms with Crippen LogP contribution in [0.2, 0.25) is 0 Å². The molecule has 2 aromatic carbocycles. The highest BCUT2D eigenvalue weighted by molar-refractivity contribution is 6.02. The van der Waals surface area contributed by atoms with Gasteiger partial charge < -0.3 is 19.5 Å². The number of ether oxygens (including phenoxy) is 3. The van der Waals surface area contributed by atoms with Gasteiger partial charge in [0.15, 0.2) is 11.5 Å². The summed E-state index contributed by atoms with van der Waals surface area (Å²) in [7, 11) is 0. The Balaban J connectivity index is 1.50. The Morgan fingerprint density at radius 2 is 1.97 bits per heavy atom. The van der Waals surface area contributed by atoms with Crippen molar-refractivity contribution in [3.05, 3.63) is 65.9 Å². The van der Waals surface area contributed by atoms with Crippen LogP contribution >= 0.6 is 0 Å². The molecule has 0 spiro atoms. The van der Waals surface area contributed by atoms with Crippen LogP contribution in [0.15, 0.2) is 60.3 Å². The summed E-state index contributed by atoms with van der Waals surface area (Å²) in [6, 6.07) is 17.3. The first-order valence-corrected chi connectivity index (χ1v) is 11.3. The number of para-hydroxylation sites is 1. The molecule has 3 aromatic rings. The van der Waals surface area contributed by atoms with Crippen molar-refractivity contribution < 1.29 is 19.0 Å². The molecule has 0 bridgehead atoms. The van der Waals surface area contributed by atoms with Crippen LogP contribution in [0.4, 0.5) is 0 Å². The number of aromatic nitrogens is 2. The molecule has 1 aromatic heterocycles. The van der Waals surface area contributed by atoms with Crippen molar-refractivity contribution in [2.45, 2.75) is 18.9 Å². The minimum Gasteiger partial charge on any atom is -0.486 e. The highest BCUT2D eigenvalue weighted by Gasteiger charge is 2.20. The quantitative estimate of drug-likeness (QED) is 0.450. The molecule has 1 saturated heterocycles. The number of fused-ring (bicyclic) bond motifs is 1. The predicted octanol–water partition coefficient (Wildman–Crippen LogP) is 3.51. The normalized spacial score (nSPS) is 17.3. The molecule has 1 atom stereocenters. The third-order valence-electron chi connectivity index (χ3n) is 5.76. The summed E-state index contributed by atoms with van der Waals surface area (Å²) in [6.45, 7) is 2.08. The van der Waals surface area contributed by atoms with Gasteiger partial charge in [-0.1, -0.05) is 18.2 Å². The van der Waals surface area contributed by atoms with E-state index in [1.54, 1.807) is 10.8 Å². The maximum Gasteiger partial charge on any atom is 0.262 e. The van der Waals surface area contributed by atoms with Gasteiger partial charge in [-0.2, -0.15) is 10.4 Å². The highest BCUT2D eigenvalue weighted by atomic mass is 16.6. The van der Waals surface area contributed by atoms with E-state index in [0.29, 0.717) is 49.1 Å². The molecule has 2 aliphatic heterocycles. The molecule has 0 saturated carbocycles. The Labute approximate surface area is 197 Å². The van der Waals surface area contributed by atoms with Gasteiger partial charge in [0.1, 0.15) is 30.6 Å². The van der Waals surface area contributed by atoms with E-state index in [4.69, 9.17) is 19.3 Å². The maximum atomic E-state index is 12.7. The van der Waals surface area contributed by atoms with Gasteiger partial charge in [0.05, 0.1) is 11.8 Å². The maximum absolute atomic E-state index is 12.7. The molecule has 172 valence electrons. The van der Waals surface area contributed by atoms with Crippen molar-refractivity contribution >= 4 is 12.0 Å². The van der Waals surface area contributed by atoms with Gasteiger partial charge in [0, 0.05) is 30.5 Å². The van der Waals surface area contributed by atoms with E-state index in [-0.39, 0.29) is 11.7 Å². The van der Waals surface area contributed by atoms with Crippen LogP contribution < -0.4 is 14.8 Å². The number of hydrogen-bond acceptors (Lipinski definition) is 6. The topological polar surface area (TPSA) is 98.4 Å². The summed E-state index contributed by atoms with van der Waals surface area (Å²) < 4.78 is 18.7. The lowest BCUT2D eigenvalue weighted by Gasteiger charge is -2.18. The number of rotatable bonds is 6. The van der Waals surface area contributed by atoms with E-state index in [9.17, 15) is 10.1 Å². The van der Waals surface area contributed by atoms with Crippen molar-refractivity contribution in [3.8, 4) is 34.5 Å². The zero-order chi connectivity index (χ0) is 23.3. The van der Waals surface area contributed by atoms with E-state index < -0.39 is 5.91 Å². The van der Waals surface area contributed by atoms with Crippen LogP contribution in [-0.2, 0) is 9.53 Å². The second kappa shape index (κ2) is 9.81. The summed E-state index contributed by atoms with van der Waals surface area (Å²) >= 11 is 0. The smallest absolute Gasteiger partial charge is 0.262 e. The fourth-order valence-electron chi connectivity index (χ4n) is 4.03. The number of carbonyl (C=O) groups is 1. The monoisotopic (exact) mass is 456 g/mol. The molecular formula is C26H24N4O4. The number of amides is 1. The lowest BCUT2D eigenvalue weighted by Crippen LogP contribution is -2.32. The van der Waals surface area contributed by atoms with E-state index in [1.165, 1.54) is 0 Å². The Kier molecular flexibility index (Phi) is 6.27. The van der Waals surface area contributed by atoms with Crippen LogP contribution in [-0.4, -0.2) is 48.2 Å². The second-order valence-electron chi connectivity index (χ2n) is 8.09. The van der Waals surface area contributed by atoms with Crippen molar-refractivity contribution in [2.24, 2.45) is 0 Å². The molecular weight excluding hydrogens is 432 g/mol. The molecule has 1 unspecified atom stereocenters. The van der Waals surface area contributed by atoms with E-state index >= 15 is 0 Å². The van der Waals surface area contributed by atoms with Crippen molar-refractivity contribution in [3.63, 3.8) is 0 Å². The van der Waals surface area contributed by atoms with E-state index in [1.807, 2.05) is 60.8 Å². The lowest BCUT2D eigenvalue weighted by molar-refractivity contribution is -0.117. The fraction of sp³-hybridized carbons (Fsp3) is 0.269. The average molecular weight is 457 g/mol. The summed E-state index contributed by atoms with van der Waals surface area (Å²) in [5.41, 5.74) is 2.93. The first-order chi connectivity index (χ1) is 16.7. The summed E-state index contributed by atoms with van der Waals surface area (Å²) in [6.07, 6.45) is 5.27. The van der Waals surface area contributed by atoms with Crippen molar-refractivity contribution in [2.75, 3.05) is 26.4 Å². The van der Waals surface area contributed by atoms with Crippen molar-refractivity contribution in [1.82, 2.24) is 15.1 Å². The largest absolute Gasteiger partial charge is 0.486 e. The van der Waals surface area contributed by atoms with Crippen LogP contribution in [0.3, 0.4) is 0 Å². The van der Waals surface area contributed by atoms with Gasteiger partial charge in [-0.25, -0.2) is 4.68 Å². The summed E-state index contributed by atoms with van der Waals surface area (Å²) in [4.78, 5) is 12.7. The Morgan fingerprint density at radius 1 is 1.15 bits per heavy atom. The first kappa shape index (κ1) is 21.7. The van der Waals surface area contributed by atoms with Gasteiger partial charge in [-0.3, -0.25) is 4.79 Å². The number of benzene rings is 2. The number of nitriles is 1. The van der Waals surface area contributed by atoms with Crippen LogP contribution in [0.5, 0.6) is 11.5 Å². The third kappa shape index (κ3) is 4.65. The zero-order valence-electron chi connectivity index (χ0n) is 18.6. The molecule has 8 heteroatoms. The number of carbonyl (C=O) groups excluding carboxylic acids is 1. The third-order valence-corrected chi connectivity index (χ3v) is 5.76. The van der Waals surface area contributed by atoms with Gasteiger partial charge >= 0.3 is 0 Å². The lowest BCUT2D eigenvalue weighted by atomic mass is 10.0.